The Balaban J connectivity index is 1.84. The molecular weight excluding hydrogens is 347 g/mol. The first-order valence-electron chi connectivity index (χ1n) is 8.60. The Labute approximate surface area is 157 Å². The van der Waals surface area contributed by atoms with Gasteiger partial charge in [0.25, 0.3) is 0 Å². The molecule has 0 amide bonds. The number of nitrogens with one attached hydrogen (secondary N) is 1. The largest absolute Gasteiger partial charge is 0.351 e. The lowest BCUT2D eigenvalue weighted by Gasteiger charge is -2.28. The van der Waals surface area contributed by atoms with Crippen LogP contribution < -0.4 is 10.2 Å². The minimum absolute atomic E-state index is 0.0715. The first kappa shape index (κ1) is 16.7. The van der Waals surface area contributed by atoms with Gasteiger partial charge in [0.15, 0.2) is 5.11 Å². The van der Waals surface area contributed by atoms with E-state index >= 15 is 0 Å². The second kappa shape index (κ2) is 6.88. The molecular formula is C20H19FN4S. The minimum Gasteiger partial charge on any atom is -0.351 e. The zero-order chi connectivity index (χ0) is 18.1. The number of pyridine rings is 1. The van der Waals surface area contributed by atoms with Gasteiger partial charge in [0, 0.05) is 30.3 Å². The first-order valence-corrected chi connectivity index (χ1v) is 9.01. The van der Waals surface area contributed by atoms with Crippen molar-refractivity contribution >= 4 is 23.0 Å². The highest BCUT2D eigenvalue weighted by Gasteiger charge is 2.41. The van der Waals surface area contributed by atoms with Crippen molar-refractivity contribution in [1.29, 1.82) is 0 Å². The van der Waals surface area contributed by atoms with Gasteiger partial charge in [-0.2, -0.15) is 0 Å². The molecule has 3 aromatic rings. The lowest BCUT2D eigenvalue weighted by molar-refractivity contribution is 0.529. The van der Waals surface area contributed by atoms with Crippen molar-refractivity contribution in [2.24, 2.45) is 0 Å². The monoisotopic (exact) mass is 366 g/mol. The maximum absolute atomic E-state index is 13.4. The average molecular weight is 366 g/mol. The van der Waals surface area contributed by atoms with Crippen LogP contribution in [0, 0.1) is 5.82 Å². The number of hydrogen-bond donors (Lipinski definition) is 1. The number of aromatic nitrogens is 2. The van der Waals surface area contributed by atoms with Crippen molar-refractivity contribution in [3.05, 3.63) is 84.2 Å². The van der Waals surface area contributed by atoms with E-state index in [4.69, 9.17) is 12.2 Å². The molecule has 0 unspecified atom stereocenters. The van der Waals surface area contributed by atoms with Crippen LogP contribution in [0.25, 0.3) is 0 Å². The number of rotatable bonds is 4. The van der Waals surface area contributed by atoms with Gasteiger partial charge in [-0.15, -0.1) is 0 Å². The number of nitrogens with zero attached hydrogens (tertiary/aromatic N) is 3. The fraction of sp³-hybridized carbons (Fsp3) is 0.200. The molecule has 3 heterocycles. The van der Waals surface area contributed by atoms with Crippen molar-refractivity contribution in [1.82, 2.24) is 14.9 Å². The number of benzene rings is 1. The maximum atomic E-state index is 13.4. The quantitative estimate of drug-likeness (QED) is 0.701. The molecule has 1 aromatic carbocycles. The van der Waals surface area contributed by atoms with E-state index in [0.29, 0.717) is 5.11 Å². The Morgan fingerprint density at radius 1 is 1.12 bits per heavy atom. The molecule has 26 heavy (non-hydrogen) atoms. The van der Waals surface area contributed by atoms with E-state index in [1.807, 2.05) is 24.3 Å². The van der Waals surface area contributed by atoms with E-state index in [-0.39, 0.29) is 17.9 Å². The third-order valence-corrected chi connectivity index (χ3v) is 5.03. The summed E-state index contributed by atoms with van der Waals surface area (Å²) in [6.45, 7) is 2.97. The maximum Gasteiger partial charge on any atom is 0.174 e. The summed E-state index contributed by atoms with van der Waals surface area (Å²) in [5, 5.41) is 4.02. The van der Waals surface area contributed by atoms with E-state index in [9.17, 15) is 4.39 Å². The topological polar surface area (TPSA) is 33.1 Å². The normalized spacial score (nSPS) is 19.6. The van der Waals surface area contributed by atoms with E-state index in [2.05, 4.69) is 39.0 Å². The van der Waals surface area contributed by atoms with E-state index in [1.54, 1.807) is 18.3 Å². The summed E-state index contributed by atoms with van der Waals surface area (Å²) in [6.07, 6.45) is 3.85. The molecule has 0 radical (unpaired) electrons. The van der Waals surface area contributed by atoms with Gasteiger partial charge >= 0.3 is 0 Å². The van der Waals surface area contributed by atoms with Gasteiger partial charge in [-0.1, -0.05) is 6.07 Å². The molecule has 4 rings (SSSR count). The molecule has 0 spiro atoms. The van der Waals surface area contributed by atoms with E-state index < -0.39 is 0 Å². The smallest absolute Gasteiger partial charge is 0.174 e. The van der Waals surface area contributed by atoms with Gasteiger partial charge in [0.2, 0.25) is 0 Å². The third-order valence-electron chi connectivity index (χ3n) is 4.71. The summed E-state index contributed by atoms with van der Waals surface area (Å²) in [4.78, 5) is 6.59. The molecule has 2 aromatic heterocycles. The number of anilines is 1. The van der Waals surface area contributed by atoms with Gasteiger partial charge in [0.05, 0.1) is 11.7 Å². The Hall–Kier alpha value is -2.73. The number of hydrogen-bond acceptors (Lipinski definition) is 2. The van der Waals surface area contributed by atoms with Crippen LogP contribution in [0.4, 0.5) is 10.1 Å². The fourth-order valence-electron chi connectivity index (χ4n) is 3.52. The summed E-state index contributed by atoms with van der Waals surface area (Å²) in [5.74, 6) is -0.262. The SMILES string of the molecule is CCn1cccc1[C@@H]1[C@H](c2ccccn2)NC(=S)N1c1ccc(F)cc1. The summed E-state index contributed by atoms with van der Waals surface area (Å²) in [6, 6.07) is 16.3. The highest BCUT2D eigenvalue weighted by atomic mass is 32.1. The second-order valence-corrected chi connectivity index (χ2v) is 6.58. The van der Waals surface area contributed by atoms with Crippen LogP contribution in [0.3, 0.4) is 0 Å². The third kappa shape index (κ3) is 2.86. The number of aryl methyl sites for hydroxylation is 1. The molecule has 0 bridgehead atoms. The summed E-state index contributed by atoms with van der Waals surface area (Å²) >= 11 is 5.65. The minimum atomic E-state index is -0.262. The highest BCUT2D eigenvalue weighted by molar-refractivity contribution is 7.80. The summed E-state index contributed by atoms with van der Waals surface area (Å²) in [5.41, 5.74) is 2.92. The molecule has 1 N–H and O–H groups in total. The average Bonchev–Trinajstić information content (AvgIpc) is 3.27. The molecule has 0 saturated carbocycles. The standard InChI is InChI=1S/C20H19FN4S/c1-2-24-13-5-7-17(24)19-18(16-6-3-4-12-22-16)23-20(26)25(19)15-10-8-14(21)9-11-15/h3-13,18-19H,2H2,1H3,(H,23,26)/t18-,19+/m0/s1. The predicted molar refractivity (Wildman–Crippen MR) is 104 cm³/mol. The van der Waals surface area contributed by atoms with Gasteiger partial charge in [-0.3, -0.25) is 4.98 Å². The molecule has 2 atom stereocenters. The van der Waals surface area contributed by atoms with Crippen LogP contribution in [-0.4, -0.2) is 14.7 Å². The fourth-order valence-corrected chi connectivity index (χ4v) is 3.86. The molecule has 132 valence electrons. The van der Waals surface area contributed by atoms with Crippen LogP contribution in [0.1, 0.15) is 30.4 Å². The summed E-state index contributed by atoms with van der Waals surface area (Å²) < 4.78 is 15.6. The van der Waals surface area contributed by atoms with Crippen LogP contribution in [0.2, 0.25) is 0 Å². The lowest BCUT2D eigenvalue weighted by atomic mass is 10.0. The number of halogens is 1. The Kier molecular flexibility index (Phi) is 4.42. The first-order chi connectivity index (χ1) is 12.7. The van der Waals surface area contributed by atoms with Gasteiger partial charge in [0.1, 0.15) is 11.9 Å². The molecule has 1 fully saturated rings. The molecule has 1 saturated heterocycles. The van der Waals surface area contributed by atoms with Crippen molar-refractivity contribution in [2.45, 2.75) is 25.6 Å². The van der Waals surface area contributed by atoms with E-state index in [1.165, 1.54) is 12.1 Å². The van der Waals surface area contributed by atoms with Crippen molar-refractivity contribution in [3.8, 4) is 0 Å². The van der Waals surface area contributed by atoms with Gasteiger partial charge in [-0.05, 0) is 67.7 Å². The Morgan fingerprint density at radius 2 is 1.92 bits per heavy atom. The van der Waals surface area contributed by atoms with E-state index in [0.717, 1.165) is 23.6 Å². The molecule has 0 aliphatic carbocycles. The Bertz CT molecular complexity index is 907. The number of thiocarbonyl (C=S) groups is 1. The lowest BCUT2D eigenvalue weighted by Crippen LogP contribution is -2.30. The van der Waals surface area contributed by atoms with Crippen LogP contribution in [0.15, 0.2) is 67.0 Å². The van der Waals surface area contributed by atoms with Gasteiger partial charge < -0.3 is 14.8 Å². The molecule has 1 aliphatic heterocycles. The van der Waals surface area contributed by atoms with Crippen LogP contribution >= 0.6 is 12.2 Å². The Morgan fingerprint density at radius 3 is 2.62 bits per heavy atom. The van der Waals surface area contributed by atoms with Gasteiger partial charge in [-0.25, -0.2) is 4.39 Å². The van der Waals surface area contributed by atoms with Crippen molar-refractivity contribution in [2.75, 3.05) is 4.90 Å². The molecule has 4 nitrogen and oxygen atoms in total. The van der Waals surface area contributed by atoms with Crippen molar-refractivity contribution in [3.63, 3.8) is 0 Å². The molecule has 1 aliphatic rings. The summed E-state index contributed by atoms with van der Waals surface area (Å²) in [7, 11) is 0. The zero-order valence-corrected chi connectivity index (χ0v) is 15.2. The van der Waals surface area contributed by atoms with Crippen molar-refractivity contribution < 1.29 is 4.39 Å². The molecule has 6 heteroatoms. The second-order valence-electron chi connectivity index (χ2n) is 6.19. The zero-order valence-electron chi connectivity index (χ0n) is 14.3. The van der Waals surface area contributed by atoms with Crippen LogP contribution in [-0.2, 0) is 6.54 Å². The predicted octanol–water partition coefficient (Wildman–Crippen LogP) is 4.22. The van der Waals surface area contributed by atoms with Crippen LogP contribution in [0.5, 0.6) is 0 Å². The highest BCUT2D eigenvalue weighted by Crippen LogP contribution is 2.41.